The van der Waals surface area contributed by atoms with Crippen molar-refractivity contribution in [3.05, 3.63) is 63.7 Å². The predicted octanol–water partition coefficient (Wildman–Crippen LogP) is 5.33. The summed E-state index contributed by atoms with van der Waals surface area (Å²) in [4.78, 5) is 16.2. The number of carbonyl (C=O) groups is 1. The smallest absolute Gasteiger partial charge is 0.306 e. The number of aryl methyl sites for hydroxylation is 4. The Labute approximate surface area is 193 Å². The van der Waals surface area contributed by atoms with Gasteiger partial charge in [0, 0.05) is 31.2 Å². The average molecular weight is 435 g/mol. The summed E-state index contributed by atoms with van der Waals surface area (Å²) < 4.78 is 0. The van der Waals surface area contributed by atoms with E-state index in [0.717, 1.165) is 58.4 Å². The molecule has 0 radical (unpaired) electrons. The van der Waals surface area contributed by atoms with Gasteiger partial charge in [-0.05, 0) is 86.0 Å². The zero-order valence-electron chi connectivity index (χ0n) is 20.2. The Bertz CT molecular complexity index is 924. The molecule has 2 aliphatic heterocycles. The number of nitrogens with zero attached hydrogens (tertiary/aromatic N) is 2. The molecule has 2 aliphatic rings. The first kappa shape index (κ1) is 22.8. The van der Waals surface area contributed by atoms with Crippen LogP contribution in [0.1, 0.15) is 66.0 Å². The molecule has 2 aromatic carbocycles. The van der Waals surface area contributed by atoms with E-state index in [1.165, 1.54) is 39.1 Å². The number of para-hydroxylation sites is 1. The number of carboxylic acid groups (broad SMARTS) is 1. The second-order valence-corrected chi connectivity index (χ2v) is 9.76. The maximum Gasteiger partial charge on any atom is 0.306 e. The van der Waals surface area contributed by atoms with Crippen LogP contribution in [0, 0.1) is 19.8 Å². The molecule has 0 saturated carbocycles. The molecular weight excluding hydrogens is 396 g/mol. The van der Waals surface area contributed by atoms with Crippen LogP contribution in [-0.2, 0) is 24.2 Å². The zero-order valence-corrected chi connectivity index (χ0v) is 20.2. The number of hydrogen-bond donors (Lipinski definition) is 1. The molecule has 0 bridgehead atoms. The fourth-order valence-electron chi connectivity index (χ4n) is 5.57. The summed E-state index contributed by atoms with van der Waals surface area (Å²) >= 11 is 0. The molecule has 2 saturated heterocycles. The van der Waals surface area contributed by atoms with Crippen molar-refractivity contribution >= 4 is 11.7 Å². The normalized spacial score (nSPS) is 18.1. The van der Waals surface area contributed by atoms with Gasteiger partial charge in [0.15, 0.2) is 0 Å². The van der Waals surface area contributed by atoms with Gasteiger partial charge in [0.2, 0.25) is 0 Å². The van der Waals surface area contributed by atoms with Gasteiger partial charge in [-0.2, -0.15) is 0 Å². The first-order chi connectivity index (χ1) is 15.4. The van der Waals surface area contributed by atoms with E-state index in [9.17, 15) is 9.90 Å². The molecule has 2 heterocycles. The standard InChI is InChI=1S/C28H38N2O2/c1-5-21-8-7-9-22(6-2)27(21)30-16-25(17-30)24-14-19(3)26(20(4)15-24)18-29-12-10-23(11-13-29)28(31)32/h7-9,14-15,23,25H,5-6,10-13,16-18H2,1-4H3,(H,31,32). The number of carboxylic acids is 1. The minimum absolute atomic E-state index is 0.163. The lowest BCUT2D eigenvalue weighted by molar-refractivity contribution is -0.143. The van der Waals surface area contributed by atoms with Gasteiger partial charge in [-0.1, -0.05) is 44.2 Å². The van der Waals surface area contributed by atoms with E-state index in [2.05, 4.69) is 67.8 Å². The Balaban J connectivity index is 1.43. The summed E-state index contributed by atoms with van der Waals surface area (Å²) in [6.45, 7) is 13.9. The molecule has 0 spiro atoms. The van der Waals surface area contributed by atoms with Crippen LogP contribution in [0.4, 0.5) is 5.69 Å². The molecule has 0 amide bonds. The maximum absolute atomic E-state index is 11.2. The molecule has 0 unspecified atom stereocenters. The minimum Gasteiger partial charge on any atom is -0.481 e. The number of aliphatic carboxylic acids is 1. The van der Waals surface area contributed by atoms with Crippen LogP contribution in [0.25, 0.3) is 0 Å². The van der Waals surface area contributed by atoms with Gasteiger partial charge in [0.05, 0.1) is 5.92 Å². The van der Waals surface area contributed by atoms with Crippen LogP contribution in [0.5, 0.6) is 0 Å². The van der Waals surface area contributed by atoms with Crippen LogP contribution in [0.2, 0.25) is 0 Å². The van der Waals surface area contributed by atoms with Crippen LogP contribution in [-0.4, -0.2) is 42.2 Å². The minimum atomic E-state index is -0.636. The van der Waals surface area contributed by atoms with E-state index in [-0.39, 0.29) is 5.92 Å². The first-order valence-electron chi connectivity index (χ1n) is 12.3. The highest BCUT2D eigenvalue weighted by atomic mass is 16.4. The quantitative estimate of drug-likeness (QED) is 0.640. The van der Waals surface area contributed by atoms with Gasteiger partial charge in [-0.25, -0.2) is 0 Å². The molecule has 2 fully saturated rings. The summed E-state index contributed by atoms with van der Waals surface area (Å²) in [5, 5.41) is 9.24. The highest BCUT2D eigenvalue weighted by Gasteiger charge is 2.31. The number of piperidine rings is 1. The Morgan fingerprint density at radius 2 is 1.56 bits per heavy atom. The van der Waals surface area contributed by atoms with Gasteiger partial charge in [-0.3, -0.25) is 9.69 Å². The lowest BCUT2D eigenvalue weighted by atomic mass is 9.85. The third-order valence-electron chi connectivity index (χ3n) is 7.67. The van der Waals surface area contributed by atoms with Crippen LogP contribution in [0.15, 0.2) is 30.3 Å². The van der Waals surface area contributed by atoms with Gasteiger partial charge in [0.25, 0.3) is 0 Å². The largest absolute Gasteiger partial charge is 0.481 e. The second kappa shape index (κ2) is 9.66. The molecule has 1 N–H and O–H groups in total. The van der Waals surface area contributed by atoms with Crippen LogP contribution < -0.4 is 4.90 Å². The summed E-state index contributed by atoms with van der Waals surface area (Å²) in [5.74, 6) is -0.200. The number of anilines is 1. The molecule has 0 aromatic heterocycles. The number of hydrogen-bond acceptors (Lipinski definition) is 3. The molecule has 4 rings (SSSR count). The summed E-state index contributed by atoms with van der Waals surface area (Å²) in [6, 6.07) is 11.6. The maximum atomic E-state index is 11.2. The van der Waals surface area contributed by atoms with Crippen LogP contribution >= 0.6 is 0 Å². The number of rotatable bonds is 7. The number of benzene rings is 2. The van der Waals surface area contributed by atoms with Gasteiger partial charge in [0.1, 0.15) is 0 Å². The fourth-order valence-corrected chi connectivity index (χ4v) is 5.57. The first-order valence-corrected chi connectivity index (χ1v) is 12.3. The predicted molar refractivity (Wildman–Crippen MR) is 132 cm³/mol. The lowest BCUT2D eigenvalue weighted by Gasteiger charge is -2.43. The monoisotopic (exact) mass is 434 g/mol. The molecule has 2 aromatic rings. The summed E-state index contributed by atoms with van der Waals surface area (Å²) in [6.07, 6.45) is 3.70. The van der Waals surface area contributed by atoms with E-state index >= 15 is 0 Å². The fraction of sp³-hybridized carbons (Fsp3) is 0.536. The average Bonchev–Trinajstić information content (AvgIpc) is 2.75. The third-order valence-corrected chi connectivity index (χ3v) is 7.67. The zero-order chi connectivity index (χ0) is 22.8. The molecule has 0 atom stereocenters. The van der Waals surface area contributed by atoms with E-state index in [1.807, 2.05) is 0 Å². The molecule has 0 aliphatic carbocycles. The topological polar surface area (TPSA) is 43.8 Å². The van der Waals surface area contributed by atoms with Crippen LogP contribution in [0.3, 0.4) is 0 Å². The highest BCUT2D eigenvalue weighted by Crippen LogP contribution is 2.37. The summed E-state index contributed by atoms with van der Waals surface area (Å²) in [7, 11) is 0. The van der Waals surface area contributed by atoms with E-state index in [0.29, 0.717) is 5.92 Å². The van der Waals surface area contributed by atoms with Gasteiger partial charge >= 0.3 is 5.97 Å². The van der Waals surface area contributed by atoms with E-state index < -0.39 is 5.97 Å². The lowest BCUT2D eigenvalue weighted by Crippen LogP contribution is -2.46. The van der Waals surface area contributed by atoms with Crippen molar-refractivity contribution in [2.45, 2.75) is 65.8 Å². The molecular formula is C28H38N2O2. The van der Waals surface area contributed by atoms with Crippen molar-refractivity contribution < 1.29 is 9.90 Å². The van der Waals surface area contributed by atoms with Crippen molar-refractivity contribution in [2.24, 2.45) is 5.92 Å². The van der Waals surface area contributed by atoms with E-state index in [4.69, 9.17) is 0 Å². The SMILES string of the molecule is CCc1cccc(CC)c1N1CC(c2cc(C)c(CN3CCC(C(=O)O)CC3)c(C)c2)C1. The Kier molecular flexibility index (Phi) is 6.90. The molecule has 4 nitrogen and oxygen atoms in total. The van der Waals surface area contributed by atoms with Crippen molar-refractivity contribution in [3.8, 4) is 0 Å². The van der Waals surface area contributed by atoms with Gasteiger partial charge in [-0.15, -0.1) is 0 Å². The second-order valence-electron chi connectivity index (χ2n) is 9.76. The molecule has 172 valence electrons. The van der Waals surface area contributed by atoms with Crippen molar-refractivity contribution in [1.82, 2.24) is 4.90 Å². The summed E-state index contributed by atoms with van der Waals surface area (Å²) in [5.41, 5.74) is 10.1. The molecule has 4 heteroatoms. The molecule has 32 heavy (non-hydrogen) atoms. The Morgan fingerprint density at radius 3 is 2.06 bits per heavy atom. The third kappa shape index (κ3) is 4.56. The Morgan fingerprint density at radius 1 is 1.00 bits per heavy atom. The highest BCUT2D eigenvalue weighted by molar-refractivity contribution is 5.70. The van der Waals surface area contributed by atoms with Gasteiger partial charge < -0.3 is 10.0 Å². The van der Waals surface area contributed by atoms with Crippen molar-refractivity contribution in [2.75, 3.05) is 31.1 Å². The van der Waals surface area contributed by atoms with Crippen molar-refractivity contribution in [3.63, 3.8) is 0 Å². The van der Waals surface area contributed by atoms with E-state index in [1.54, 1.807) is 0 Å². The van der Waals surface area contributed by atoms with Crippen molar-refractivity contribution in [1.29, 1.82) is 0 Å². The Hall–Kier alpha value is -2.33. The number of likely N-dealkylation sites (tertiary alicyclic amines) is 1.